The monoisotopic (exact) mass is 336 g/mol. The van der Waals surface area contributed by atoms with E-state index in [1.54, 1.807) is 60.7 Å². The quantitative estimate of drug-likeness (QED) is 0.746. The van der Waals surface area contributed by atoms with E-state index in [1.165, 1.54) is 12.2 Å². The Bertz CT molecular complexity index is 867. The molecule has 2 aromatic carbocycles. The third kappa shape index (κ3) is 2.86. The number of rotatable bonds is 4. The third-order valence-electron chi connectivity index (χ3n) is 4.26. The van der Waals surface area contributed by atoms with Gasteiger partial charge in [-0.2, -0.15) is 0 Å². The summed E-state index contributed by atoms with van der Waals surface area (Å²) in [7, 11) is 0. The second kappa shape index (κ2) is 6.37. The highest BCUT2D eigenvalue weighted by molar-refractivity contribution is 6.05. The average Bonchev–Trinajstić information content (AvgIpc) is 2.62. The highest BCUT2D eigenvalue weighted by Gasteiger charge is 2.43. The summed E-state index contributed by atoms with van der Waals surface area (Å²) in [4.78, 5) is 23.5. The minimum Gasteiger partial charge on any atom is -0.481 e. The molecule has 0 amide bonds. The first-order valence-corrected chi connectivity index (χ1v) is 7.68. The fraction of sp³-hybridized carbons (Fsp3) is 0.100. The molecule has 0 spiro atoms. The number of aliphatic carboxylic acids is 2. The lowest BCUT2D eigenvalue weighted by Gasteiger charge is -2.34. The molecular formula is C20H16O5. The van der Waals surface area contributed by atoms with Crippen LogP contribution >= 0.6 is 0 Å². The van der Waals surface area contributed by atoms with Crippen molar-refractivity contribution < 1.29 is 24.9 Å². The lowest BCUT2D eigenvalue weighted by atomic mass is 9.72. The number of carboxylic acids is 2. The van der Waals surface area contributed by atoms with Crippen LogP contribution in [0.4, 0.5) is 0 Å². The fourth-order valence-corrected chi connectivity index (χ4v) is 3.13. The summed E-state index contributed by atoms with van der Waals surface area (Å²) < 4.78 is 0. The summed E-state index contributed by atoms with van der Waals surface area (Å²) in [5.74, 6) is -3.99. The number of carbonyl (C=O) groups is 2. The molecule has 1 aliphatic carbocycles. The molecule has 2 atom stereocenters. The van der Waals surface area contributed by atoms with Crippen molar-refractivity contribution in [1.29, 1.82) is 0 Å². The highest BCUT2D eigenvalue weighted by Crippen LogP contribution is 2.45. The summed E-state index contributed by atoms with van der Waals surface area (Å²) in [6, 6.07) is 17.1. The number of hydrogen-bond donors (Lipinski definition) is 3. The van der Waals surface area contributed by atoms with E-state index in [2.05, 4.69) is 0 Å². The standard InChI is InChI=1S/C20H16O5/c21-18(22)15-11-12-20(25,14-9-5-2-6-10-14)17(16(15)19(23)24)13-7-3-1-4-8-13/h1-12,15,25H,(H,21,22)(H,23,24). The summed E-state index contributed by atoms with van der Waals surface area (Å²) in [5.41, 5.74) is -1.08. The van der Waals surface area contributed by atoms with Crippen molar-refractivity contribution in [2.75, 3.05) is 0 Å². The SMILES string of the molecule is O=C(O)C1=C(c2ccccc2)C(O)(c2ccccc2)C=CC1C(=O)O. The van der Waals surface area contributed by atoms with E-state index in [0.717, 1.165) is 0 Å². The molecule has 0 bridgehead atoms. The molecule has 0 fully saturated rings. The maximum atomic E-state index is 11.9. The van der Waals surface area contributed by atoms with E-state index in [-0.39, 0.29) is 11.1 Å². The first-order valence-electron chi connectivity index (χ1n) is 7.68. The lowest BCUT2D eigenvalue weighted by Crippen LogP contribution is -2.34. The first kappa shape index (κ1) is 16.7. The van der Waals surface area contributed by atoms with Crippen LogP contribution in [0.1, 0.15) is 11.1 Å². The van der Waals surface area contributed by atoms with E-state index in [1.807, 2.05) is 0 Å². The van der Waals surface area contributed by atoms with Crippen LogP contribution in [0, 0.1) is 5.92 Å². The van der Waals surface area contributed by atoms with Crippen LogP contribution in [0.3, 0.4) is 0 Å². The van der Waals surface area contributed by atoms with Gasteiger partial charge < -0.3 is 15.3 Å². The Morgan fingerprint density at radius 2 is 1.44 bits per heavy atom. The van der Waals surface area contributed by atoms with E-state index >= 15 is 0 Å². The normalized spacial score (nSPS) is 22.7. The minimum absolute atomic E-state index is 0.0710. The smallest absolute Gasteiger partial charge is 0.333 e. The molecule has 5 heteroatoms. The predicted octanol–water partition coefficient (Wildman–Crippen LogP) is 2.68. The zero-order valence-electron chi connectivity index (χ0n) is 13.2. The molecule has 2 unspecified atom stereocenters. The molecule has 25 heavy (non-hydrogen) atoms. The van der Waals surface area contributed by atoms with Gasteiger partial charge in [0.25, 0.3) is 0 Å². The zero-order valence-corrected chi connectivity index (χ0v) is 13.2. The van der Waals surface area contributed by atoms with Crippen molar-refractivity contribution in [3.05, 3.63) is 89.5 Å². The number of hydrogen-bond acceptors (Lipinski definition) is 3. The molecule has 0 aliphatic heterocycles. The van der Waals surface area contributed by atoms with E-state index in [9.17, 15) is 24.9 Å². The van der Waals surface area contributed by atoms with Gasteiger partial charge in [-0.25, -0.2) is 4.79 Å². The van der Waals surface area contributed by atoms with E-state index in [4.69, 9.17) is 0 Å². The van der Waals surface area contributed by atoms with Crippen molar-refractivity contribution in [3.63, 3.8) is 0 Å². The molecule has 0 heterocycles. The Kier molecular flexibility index (Phi) is 4.25. The topological polar surface area (TPSA) is 94.8 Å². The molecule has 1 aliphatic rings. The van der Waals surface area contributed by atoms with E-state index in [0.29, 0.717) is 11.1 Å². The number of carboxylic acid groups (broad SMARTS) is 2. The molecule has 126 valence electrons. The first-order chi connectivity index (χ1) is 11.9. The molecular weight excluding hydrogens is 320 g/mol. The summed E-state index contributed by atoms with van der Waals surface area (Å²) >= 11 is 0. The fourth-order valence-electron chi connectivity index (χ4n) is 3.13. The Balaban J connectivity index is 2.35. The molecule has 0 aromatic heterocycles. The number of benzene rings is 2. The molecule has 0 saturated carbocycles. The maximum Gasteiger partial charge on any atom is 0.333 e. The van der Waals surface area contributed by atoms with Gasteiger partial charge in [-0.1, -0.05) is 66.7 Å². The van der Waals surface area contributed by atoms with Crippen LogP contribution in [-0.4, -0.2) is 27.3 Å². The molecule has 3 rings (SSSR count). The summed E-state index contributed by atoms with van der Waals surface area (Å²) in [6.07, 6.45) is 2.58. The summed E-state index contributed by atoms with van der Waals surface area (Å²) in [6.45, 7) is 0. The van der Waals surface area contributed by atoms with Crippen LogP contribution in [0.2, 0.25) is 0 Å². The second-order valence-corrected chi connectivity index (χ2v) is 5.77. The van der Waals surface area contributed by atoms with Crippen LogP contribution in [0.5, 0.6) is 0 Å². The molecule has 0 radical (unpaired) electrons. The molecule has 5 nitrogen and oxygen atoms in total. The van der Waals surface area contributed by atoms with Gasteiger partial charge in [0.15, 0.2) is 0 Å². The predicted molar refractivity (Wildman–Crippen MR) is 91.6 cm³/mol. The van der Waals surface area contributed by atoms with Crippen molar-refractivity contribution in [2.24, 2.45) is 5.92 Å². The third-order valence-corrected chi connectivity index (χ3v) is 4.26. The molecule has 3 N–H and O–H groups in total. The van der Waals surface area contributed by atoms with Crippen molar-refractivity contribution in [1.82, 2.24) is 0 Å². The van der Waals surface area contributed by atoms with Crippen molar-refractivity contribution in [2.45, 2.75) is 5.60 Å². The summed E-state index contributed by atoms with van der Waals surface area (Å²) in [5, 5.41) is 30.5. The van der Waals surface area contributed by atoms with Gasteiger partial charge in [0, 0.05) is 5.57 Å². The van der Waals surface area contributed by atoms with Crippen LogP contribution in [-0.2, 0) is 15.2 Å². The van der Waals surface area contributed by atoms with Crippen LogP contribution < -0.4 is 0 Å². The average molecular weight is 336 g/mol. The number of aliphatic hydroxyl groups is 1. The van der Waals surface area contributed by atoms with Gasteiger partial charge in [0.05, 0.1) is 5.57 Å². The Morgan fingerprint density at radius 1 is 0.880 bits per heavy atom. The zero-order chi connectivity index (χ0) is 18.0. The lowest BCUT2D eigenvalue weighted by molar-refractivity contribution is -0.142. The minimum atomic E-state index is -1.73. The Hall–Kier alpha value is -3.18. The molecule has 2 aromatic rings. The van der Waals surface area contributed by atoms with Gasteiger partial charge >= 0.3 is 11.9 Å². The largest absolute Gasteiger partial charge is 0.481 e. The van der Waals surface area contributed by atoms with Gasteiger partial charge in [-0.15, -0.1) is 0 Å². The second-order valence-electron chi connectivity index (χ2n) is 5.77. The Morgan fingerprint density at radius 3 is 1.96 bits per heavy atom. The van der Waals surface area contributed by atoms with Gasteiger partial charge in [0.1, 0.15) is 11.5 Å². The van der Waals surface area contributed by atoms with E-state index < -0.39 is 23.5 Å². The van der Waals surface area contributed by atoms with Crippen LogP contribution in [0.15, 0.2) is 78.4 Å². The van der Waals surface area contributed by atoms with Crippen molar-refractivity contribution >= 4 is 17.5 Å². The Labute approximate surface area is 144 Å². The molecule has 0 saturated heterocycles. The highest BCUT2D eigenvalue weighted by atomic mass is 16.4. The van der Waals surface area contributed by atoms with Crippen molar-refractivity contribution in [3.8, 4) is 0 Å². The maximum absolute atomic E-state index is 11.9. The van der Waals surface area contributed by atoms with Gasteiger partial charge in [0.2, 0.25) is 0 Å². The van der Waals surface area contributed by atoms with Crippen LogP contribution in [0.25, 0.3) is 5.57 Å². The van der Waals surface area contributed by atoms with Gasteiger partial charge in [-0.3, -0.25) is 4.79 Å². The van der Waals surface area contributed by atoms with Gasteiger partial charge in [-0.05, 0) is 17.2 Å².